The van der Waals surface area contributed by atoms with Crippen molar-refractivity contribution in [2.75, 3.05) is 6.61 Å². The molecule has 4 nitrogen and oxygen atoms in total. The molecule has 1 atom stereocenters. The minimum absolute atomic E-state index is 0.00792. The largest absolute Gasteiger partial charge is 0.396 e. The summed E-state index contributed by atoms with van der Waals surface area (Å²) >= 11 is 0. The van der Waals surface area contributed by atoms with Crippen LogP contribution in [0.25, 0.3) is 0 Å². The molecule has 0 aliphatic heterocycles. The van der Waals surface area contributed by atoms with Crippen molar-refractivity contribution < 1.29 is 9.90 Å². The molecule has 11 heavy (non-hydrogen) atoms. The van der Waals surface area contributed by atoms with Gasteiger partial charge in [0.2, 0.25) is 5.91 Å². The van der Waals surface area contributed by atoms with E-state index < -0.39 is 11.9 Å². The monoisotopic (exact) mass is 160 g/mol. The minimum Gasteiger partial charge on any atom is -0.396 e. The van der Waals surface area contributed by atoms with Crippen LogP contribution in [-0.4, -0.2) is 23.7 Å². The van der Waals surface area contributed by atoms with E-state index in [0.717, 1.165) is 0 Å². The molecule has 0 aromatic rings. The van der Waals surface area contributed by atoms with Crippen LogP contribution in [-0.2, 0) is 4.79 Å². The molecule has 0 fully saturated rings. The molecule has 0 spiro atoms. The second kappa shape index (κ2) is 3.69. The number of primary amides is 1. The summed E-state index contributed by atoms with van der Waals surface area (Å²) in [5.74, 6) is -0.522. The number of aliphatic hydroxyl groups excluding tert-OH is 1. The Balaban J connectivity index is 3.93. The summed E-state index contributed by atoms with van der Waals surface area (Å²) in [6.45, 7) is 3.67. The first kappa shape index (κ1) is 10.4. The van der Waals surface area contributed by atoms with Crippen LogP contribution in [0.5, 0.6) is 0 Å². The average Bonchev–Trinajstić information content (AvgIpc) is 1.87. The third kappa shape index (κ3) is 3.95. The summed E-state index contributed by atoms with van der Waals surface area (Å²) < 4.78 is 0. The van der Waals surface area contributed by atoms with Crippen LogP contribution in [0.1, 0.15) is 20.3 Å². The molecule has 0 saturated carbocycles. The first-order valence-electron chi connectivity index (χ1n) is 3.55. The van der Waals surface area contributed by atoms with Gasteiger partial charge in [0.05, 0.1) is 6.04 Å². The molecular formula is C7H16N2O2. The molecule has 0 rings (SSSR count). The van der Waals surface area contributed by atoms with Crippen LogP contribution in [0.3, 0.4) is 0 Å². The van der Waals surface area contributed by atoms with Gasteiger partial charge in [0.1, 0.15) is 0 Å². The maximum atomic E-state index is 10.5. The fraction of sp³-hybridized carbons (Fsp3) is 0.857. The molecule has 0 radical (unpaired) electrons. The van der Waals surface area contributed by atoms with Crippen molar-refractivity contribution in [1.29, 1.82) is 0 Å². The first-order valence-corrected chi connectivity index (χ1v) is 3.55. The van der Waals surface area contributed by atoms with Crippen LogP contribution in [0.4, 0.5) is 0 Å². The molecule has 66 valence electrons. The van der Waals surface area contributed by atoms with E-state index in [2.05, 4.69) is 0 Å². The van der Waals surface area contributed by atoms with E-state index in [4.69, 9.17) is 16.6 Å². The Morgan fingerprint density at radius 2 is 2.09 bits per heavy atom. The van der Waals surface area contributed by atoms with Crippen molar-refractivity contribution in [3.8, 4) is 0 Å². The SMILES string of the molecule is CC(C)(CO)CC(N)C(N)=O. The van der Waals surface area contributed by atoms with Crippen LogP contribution >= 0.6 is 0 Å². The normalized spacial score (nSPS) is 14.5. The number of nitrogens with two attached hydrogens (primary N) is 2. The zero-order valence-corrected chi connectivity index (χ0v) is 7.00. The summed E-state index contributed by atoms with van der Waals surface area (Å²) in [6.07, 6.45) is 0.416. The number of aliphatic hydroxyl groups is 1. The Kier molecular flexibility index (Phi) is 3.48. The number of hydrogen-bond donors (Lipinski definition) is 3. The molecule has 0 bridgehead atoms. The quantitative estimate of drug-likeness (QED) is 0.503. The van der Waals surface area contributed by atoms with Gasteiger partial charge in [0, 0.05) is 6.61 Å². The Bertz CT molecular complexity index is 145. The number of amides is 1. The fourth-order valence-corrected chi connectivity index (χ4v) is 0.760. The summed E-state index contributed by atoms with van der Waals surface area (Å²) in [6, 6.07) is -0.655. The highest BCUT2D eigenvalue weighted by Crippen LogP contribution is 2.19. The molecule has 4 heteroatoms. The fourth-order valence-electron chi connectivity index (χ4n) is 0.760. The average molecular weight is 160 g/mol. The molecule has 0 aromatic heterocycles. The smallest absolute Gasteiger partial charge is 0.234 e. The minimum atomic E-state index is -0.655. The lowest BCUT2D eigenvalue weighted by atomic mass is 9.87. The van der Waals surface area contributed by atoms with E-state index in [9.17, 15) is 4.79 Å². The van der Waals surface area contributed by atoms with Crippen molar-refractivity contribution >= 4 is 5.91 Å². The van der Waals surface area contributed by atoms with E-state index in [1.165, 1.54) is 0 Å². The summed E-state index contributed by atoms with van der Waals surface area (Å²) in [5, 5.41) is 8.82. The number of carbonyl (C=O) groups excluding carboxylic acids is 1. The van der Waals surface area contributed by atoms with Crippen LogP contribution in [0.15, 0.2) is 0 Å². The highest BCUT2D eigenvalue weighted by molar-refractivity contribution is 5.79. The molecule has 0 aliphatic carbocycles. The Labute approximate surface area is 66.6 Å². The van der Waals surface area contributed by atoms with Gasteiger partial charge in [0.15, 0.2) is 0 Å². The Hall–Kier alpha value is -0.610. The summed E-state index contributed by atoms with van der Waals surface area (Å²) in [7, 11) is 0. The van der Waals surface area contributed by atoms with E-state index in [-0.39, 0.29) is 12.0 Å². The molecule has 0 saturated heterocycles. The standard InChI is InChI=1S/C7H16N2O2/c1-7(2,4-10)3-5(8)6(9)11/h5,10H,3-4,8H2,1-2H3,(H2,9,11). The van der Waals surface area contributed by atoms with Crippen molar-refractivity contribution in [3.63, 3.8) is 0 Å². The topological polar surface area (TPSA) is 89.3 Å². The zero-order chi connectivity index (χ0) is 9.07. The molecule has 1 amide bonds. The highest BCUT2D eigenvalue weighted by Gasteiger charge is 2.22. The lowest BCUT2D eigenvalue weighted by Gasteiger charge is -2.23. The maximum Gasteiger partial charge on any atom is 0.234 e. The van der Waals surface area contributed by atoms with E-state index in [1.54, 1.807) is 0 Å². The number of carbonyl (C=O) groups is 1. The third-order valence-electron chi connectivity index (χ3n) is 1.57. The molecule has 1 unspecified atom stereocenters. The van der Waals surface area contributed by atoms with Crippen molar-refractivity contribution in [1.82, 2.24) is 0 Å². The Morgan fingerprint density at radius 1 is 1.64 bits per heavy atom. The van der Waals surface area contributed by atoms with Gasteiger partial charge >= 0.3 is 0 Å². The first-order chi connectivity index (χ1) is 4.89. The molecule has 0 aromatic carbocycles. The molecule has 0 aliphatic rings. The van der Waals surface area contributed by atoms with Crippen molar-refractivity contribution in [3.05, 3.63) is 0 Å². The van der Waals surface area contributed by atoms with E-state index in [1.807, 2.05) is 13.8 Å². The second-order valence-corrected chi connectivity index (χ2v) is 3.54. The van der Waals surface area contributed by atoms with Gasteiger partial charge in [-0.15, -0.1) is 0 Å². The second-order valence-electron chi connectivity index (χ2n) is 3.54. The van der Waals surface area contributed by atoms with Gasteiger partial charge in [-0.3, -0.25) is 4.79 Å². The lowest BCUT2D eigenvalue weighted by Crippen LogP contribution is -2.40. The van der Waals surface area contributed by atoms with Crippen LogP contribution in [0, 0.1) is 5.41 Å². The van der Waals surface area contributed by atoms with Crippen molar-refractivity contribution in [2.45, 2.75) is 26.3 Å². The summed E-state index contributed by atoms with van der Waals surface area (Å²) in [4.78, 5) is 10.5. The van der Waals surface area contributed by atoms with E-state index in [0.29, 0.717) is 6.42 Å². The lowest BCUT2D eigenvalue weighted by molar-refractivity contribution is -0.120. The third-order valence-corrected chi connectivity index (χ3v) is 1.57. The molecule has 5 N–H and O–H groups in total. The Morgan fingerprint density at radius 3 is 2.36 bits per heavy atom. The predicted octanol–water partition coefficient (Wildman–Crippen LogP) is -0.792. The van der Waals surface area contributed by atoms with Crippen LogP contribution in [0.2, 0.25) is 0 Å². The van der Waals surface area contributed by atoms with Gasteiger partial charge in [0.25, 0.3) is 0 Å². The van der Waals surface area contributed by atoms with Gasteiger partial charge in [-0.2, -0.15) is 0 Å². The van der Waals surface area contributed by atoms with Gasteiger partial charge < -0.3 is 16.6 Å². The number of hydrogen-bond acceptors (Lipinski definition) is 3. The molecular weight excluding hydrogens is 144 g/mol. The van der Waals surface area contributed by atoms with Gasteiger partial charge in [-0.05, 0) is 11.8 Å². The van der Waals surface area contributed by atoms with Crippen LogP contribution < -0.4 is 11.5 Å². The van der Waals surface area contributed by atoms with Crippen molar-refractivity contribution in [2.24, 2.45) is 16.9 Å². The predicted molar refractivity (Wildman–Crippen MR) is 42.7 cm³/mol. The number of rotatable bonds is 4. The van der Waals surface area contributed by atoms with Gasteiger partial charge in [-0.25, -0.2) is 0 Å². The maximum absolute atomic E-state index is 10.5. The molecule has 0 heterocycles. The highest BCUT2D eigenvalue weighted by atomic mass is 16.3. The summed E-state index contributed by atoms with van der Waals surface area (Å²) in [5.41, 5.74) is 10.0. The van der Waals surface area contributed by atoms with Gasteiger partial charge in [-0.1, -0.05) is 13.8 Å². The zero-order valence-electron chi connectivity index (χ0n) is 7.00. The van der Waals surface area contributed by atoms with E-state index >= 15 is 0 Å².